The van der Waals surface area contributed by atoms with Gasteiger partial charge in [0.25, 0.3) is 0 Å². The van der Waals surface area contributed by atoms with E-state index in [1.807, 2.05) is 11.3 Å². The molecule has 0 spiro atoms. The van der Waals surface area contributed by atoms with Crippen molar-refractivity contribution in [3.63, 3.8) is 0 Å². The smallest absolute Gasteiger partial charge is 0.191 e. The van der Waals surface area contributed by atoms with Gasteiger partial charge in [-0.1, -0.05) is 13.8 Å². The lowest BCUT2D eigenvalue weighted by molar-refractivity contribution is 0.0177. The molecule has 3 rings (SSSR count). The van der Waals surface area contributed by atoms with Crippen molar-refractivity contribution in [3.8, 4) is 0 Å². The van der Waals surface area contributed by atoms with Gasteiger partial charge in [-0.2, -0.15) is 0 Å². The van der Waals surface area contributed by atoms with Crippen molar-refractivity contribution in [3.05, 3.63) is 38.0 Å². The summed E-state index contributed by atoms with van der Waals surface area (Å²) in [6.45, 7) is 14.4. The van der Waals surface area contributed by atoms with Crippen molar-refractivity contribution >= 4 is 52.6 Å². The maximum atomic E-state index is 5.56. The Labute approximate surface area is 205 Å². The highest BCUT2D eigenvalue weighted by molar-refractivity contribution is 14.0. The molecule has 0 saturated carbocycles. The highest BCUT2D eigenvalue weighted by Crippen LogP contribution is 2.28. The van der Waals surface area contributed by atoms with E-state index in [0.717, 1.165) is 56.1 Å². The number of aliphatic imine (C=N–C) groups is 1. The summed E-state index contributed by atoms with van der Waals surface area (Å²) in [7, 11) is 0. The van der Waals surface area contributed by atoms with Gasteiger partial charge in [-0.05, 0) is 31.9 Å². The van der Waals surface area contributed by atoms with Crippen molar-refractivity contribution in [2.24, 2.45) is 4.99 Å². The van der Waals surface area contributed by atoms with Crippen LogP contribution >= 0.6 is 46.7 Å². The molecular formula is C21H34IN5OS2. The Balaban J connectivity index is 0.00000320. The van der Waals surface area contributed by atoms with Crippen LogP contribution in [0.3, 0.4) is 0 Å². The van der Waals surface area contributed by atoms with Crippen LogP contribution in [0.5, 0.6) is 0 Å². The van der Waals surface area contributed by atoms with Crippen LogP contribution in [-0.2, 0) is 11.3 Å². The van der Waals surface area contributed by atoms with Gasteiger partial charge in [0.2, 0.25) is 0 Å². The van der Waals surface area contributed by atoms with Gasteiger partial charge < -0.3 is 15.4 Å². The lowest BCUT2D eigenvalue weighted by Crippen LogP contribution is -2.46. The van der Waals surface area contributed by atoms with Crippen LogP contribution in [-0.4, -0.2) is 55.2 Å². The van der Waals surface area contributed by atoms with Crippen molar-refractivity contribution < 1.29 is 4.74 Å². The maximum Gasteiger partial charge on any atom is 0.191 e. The standard InChI is InChI=1S/C21H33N5OS2.HI/c1-5-22-21(24-13-20-25-17(14-28-20)15(2)3)23-12-18(19-7-6-16(4)29-19)26-8-10-27-11-9-26;/h6-7,14-15,18H,5,8-13H2,1-4H3,(H2,22,23,24);1H. The summed E-state index contributed by atoms with van der Waals surface area (Å²) in [6, 6.07) is 4.80. The van der Waals surface area contributed by atoms with E-state index in [4.69, 9.17) is 14.7 Å². The summed E-state index contributed by atoms with van der Waals surface area (Å²) in [5.41, 5.74) is 1.15. The van der Waals surface area contributed by atoms with E-state index in [1.165, 1.54) is 9.75 Å². The number of nitrogens with zero attached hydrogens (tertiary/aromatic N) is 3. The molecule has 1 aliphatic heterocycles. The van der Waals surface area contributed by atoms with Crippen molar-refractivity contribution in [2.45, 2.75) is 46.2 Å². The second-order valence-electron chi connectivity index (χ2n) is 7.51. The summed E-state index contributed by atoms with van der Waals surface area (Å²) in [5.74, 6) is 1.30. The third kappa shape index (κ3) is 7.44. The first kappa shape index (κ1) is 25.5. The fourth-order valence-electron chi connectivity index (χ4n) is 3.28. The SMILES string of the molecule is CCNC(=NCc1nc(C(C)C)cs1)NCC(c1ccc(C)s1)N1CCOCC1.I. The highest BCUT2D eigenvalue weighted by Gasteiger charge is 2.24. The molecule has 168 valence electrons. The molecule has 3 heterocycles. The Morgan fingerprint density at radius 2 is 2.03 bits per heavy atom. The molecule has 0 bridgehead atoms. The molecule has 1 unspecified atom stereocenters. The Bertz CT molecular complexity index is 786. The fraction of sp³-hybridized carbons (Fsp3) is 0.619. The minimum atomic E-state index is 0. The molecule has 2 aromatic rings. The molecule has 2 N–H and O–H groups in total. The normalized spacial score (nSPS) is 16.4. The Morgan fingerprint density at radius 3 is 2.63 bits per heavy atom. The molecule has 1 atom stereocenters. The first-order chi connectivity index (χ1) is 14.1. The molecular weight excluding hydrogens is 529 g/mol. The Morgan fingerprint density at radius 1 is 1.27 bits per heavy atom. The number of hydrogen-bond donors (Lipinski definition) is 2. The number of hydrogen-bond acceptors (Lipinski definition) is 6. The third-order valence-corrected chi connectivity index (χ3v) is 6.87. The average Bonchev–Trinajstić information content (AvgIpc) is 3.36. The van der Waals surface area contributed by atoms with Crippen molar-refractivity contribution in [1.29, 1.82) is 0 Å². The number of morpholine rings is 1. The molecule has 0 amide bonds. The largest absolute Gasteiger partial charge is 0.379 e. The predicted molar refractivity (Wildman–Crippen MR) is 139 cm³/mol. The van der Waals surface area contributed by atoms with Crippen molar-refractivity contribution in [1.82, 2.24) is 20.5 Å². The number of thiazole rings is 1. The molecule has 1 saturated heterocycles. The molecule has 6 nitrogen and oxygen atoms in total. The molecule has 0 aliphatic carbocycles. The number of thiophene rings is 1. The molecule has 30 heavy (non-hydrogen) atoms. The van der Waals surface area contributed by atoms with E-state index in [9.17, 15) is 0 Å². The van der Waals surface area contributed by atoms with Gasteiger partial charge in [0.15, 0.2) is 5.96 Å². The van der Waals surface area contributed by atoms with Crippen molar-refractivity contribution in [2.75, 3.05) is 39.4 Å². The Kier molecular flexibility index (Phi) is 11.0. The fourth-order valence-corrected chi connectivity index (χ4v) is 5.17. The first-order valence-electron chi connectivity index (χ1n) is 10.4. The van der Waals surface area contributed by atoms with Gasteiger partial charge in [-0.25, -0.2) is 9.98 Å². The van der Waals surface area contributed by atoms with Crippen LogP contribution in [0.25, 0.3) is 0 Å². The van der Waals surface area contributed by atoms with Crippen LogP contribution in [0.2, 0.25) is 0 Å². The van der Waals surface area contributed by atoms with E-state index in [0.29, 0.717) is 18.5 Å². The summed E-state index contributed by atoms with van der Waals surface area (Å²) in [4.78, 5) is 14.7. The summed E-state index contributed by atoms with van der Waals surface area (Å²) >= 11 is 3.57. The molecule has 0 aromatic carbocycles. The van der Waals surface area contributed by atoms with Gasteiger partial charge in [0, 0.05) is 41.3 Å². The molecule has 1 fully saturated rings. The van der Waals surface area contributed by atoms with E-state index < -0.39 is 0 Å². The number of aromatic nitrogens is 1. The summed E-state index contributed by atoms with van der Waals surface area (Å²) in [6.07, 6.45) is 0. The topological polar surface area (TPSA) is 61.8 Å². The number of guanidine groups is 1. The van der Waals surface area contributed by atoms with Gasteiger partial charge >= 0.3 is 0 Å². The third-order valence-electron chi connectivity index (χ3n) is 4.92. The van der Waals surface area contributed by atoms with E-state index in [1.54, 1.807) is 11.3 Å². The first-order valence-corrected chi connectivity index (χ1v) is 12.1. The highest BCUT2D eigenvalue weighted by atomic mass is 127. The van der Waals surface area contributed by atoms with Gasteiger partial charge in [0.05, 0.1) is 31.5 Å². The lowest BCUT2D eigenvalue weighted by Gasteiger charge is -2.34. The number of ether oxygens (including phenoxy) is 1. The molecule has 2 aromatic heterocycles. The molecule has 1 aliphatic rings. The van der Waals surface area contributed by atoms with Crippen LogP contribution in [0.1, 0.15) is 53.2 Å². The van der Waals surface area contributed by atoms with E-state index in [2.05, 4.69) is 60.7 Å². The number of rotatable bonds is 8. The lowest BCUT2D eigenvalue weighted by atomic mass is 10.2. The van der Waals surface area contributed by atoms with Crippen LogP contribution in [0.15, 0.2) is 22.5 Å². The minimum Gasteiger partial charge on any atom is -0.379 e. The Hall–Kier alpha value is -0.750. The van der Waals surface area contributed by atoms with Gasteiger partial charge in [0.1, 0.15) is 5.01 Å². The average molecular weight is 564 g/mol. The zero-order valence-electron chi connectivity index (χ0n) is 18.3. The second kappa shape index (κ2) is 12.9. The zero-order chi connectivity index (χ0) is 20.6. The maximum absolute atomic E-state index is 5.56. The zero-order valence-corrected chi connectivity index (χ0v) is 22.3. The van der Waals surface area contributed by atoms with E-state index in [-0.39, 0.29) is 24.0 Å². The summed E-state index contributed by atoms with van der Waals surface area (Å²) < 4.78 is 5.56. The quantitative estimate of drug-likeness (QED) is 0.284. The monoisotopic (exact) mass is 563 g/mol. The van der Waals surface area contributed by atoms with Gasteiger partial charge in [-0.15, -0.1) is 46.7 Å². The molecule has 0 radical (unpaired) electrons. The molecule has 9 heteroatoms. The van der Waals surface area contributed by atoms with Gasteiger partial charge in [-0.3, -0.25) is 4.90 Å². The minimum absolute atomic E-state index is 0. The van der Waals surface area contributed by atoms with Crippen LogP contribution < -0.4 is 10.6 Å². The number of nitrogens with one attached hydrogen (secondary N) is 2. The van der Waals surface area contributed by atoms with Crippen LogP contribution in [0, 0.1) is 6.92 Å². The second-order valence-corrected chi connectivity index (χ2v) is 9.77. The number of halogens is 1. The van der Waals surface area contributed by atoms with E-state index >= 15 is 0 Å². The predicted octanol–water partition coefficient (Wildman–Crippen LogP) is 4.38. The number of aryl methyl sites for hydroxylation is 1. The summed E-state index contributed by atoms with van der Waals surface area (Å²) in [5, 5.41) is 10.1. The van der Waals surface area contributed by atoms with Crippen LogP contribution in [0.4, 0.5) is 0 Å².